The number of benzene rings is 1. The molecule has 0 fully saturated rings. The number of hydrogen-bond acceptors (Lipinski definition) is 5. The fraction of sp³-hybridized carbons (Fsp3) is 0.250. The van der Waals surface area contributed by atoms with Crippen LogP contribution in [0.3, 0.4) is 0 Å². The molecule has 2 heterocycles. The third-order valence-corrected chi connectivity index (χ3v) is 4.80. The summed E-state index contributed by atoms with van der Waals surface area (Å²) in [6, 6.07) is 10.0. The summed E-state index contributed by atoms with van der Waals surface area (Å²) in [6.45, 7) is 0.517. The number of nitrogens with one attached hydrogen (secondary N) is 2. The van der Waals surface area contributed by atoms with Crippen LogP contribution in [-0.4, -0.2) is 29.5 Å². The van der Waals surface area contributed by atoms with Crippen LogP contribution in [0.5, 0.6) is 0 Å². The zero-order valence-electron chi connectivity index (χ0n) is 12.3. The van der Waals surface area contributed by atoms with Gasteiger partial charge in [0.1, 0.15) is 6.07 Å². The van der Waals surface area contributed by atoms with Crippen molar-refractivity contribution in [2.24, 2.45) is 10.9 Å². The number of rotatable bonds is 3. The Labute approximate surface area is 142 Å². The van der Waals surface area contributed by atoms with Crippen LogP contribution in [0.15, 0.2) is 33.9 Å². The van der Waals surface area contributed by atoms with Gasteiger partial charge in [0.2, 0.25) is 0 Å². The van der Waals surface area contributed by atoms with Crippen molar-refractivity contribution < 1.29 is 0 Å². The molecule has 2 atom stereocenters. The number of aliphatic imine (C=N–C) groups is 1. The predicted octanol–water partition coefficient (Wildman–Crippen LogP) is 2.62. The van der Waals surface area contributed by atoms with Gasteiger partial charge in [0.25, 0.3) is 0 Å². The highest BCUT2D eigenvalue weighted by atomic mass is 79.9. The first kappa shape index (κ1) is 15.4. The topological polar surface area (TPSA) is 101 Å². The minimum Gasteiger partial charge on any atom is -0.314 e. The van der Waals surface area contributed by atoms with Crippen molar-refractivity contribution in [2.75, 3.05) is 13.6 Å². The molecule has 0 saturated carbocycles. The van der Waals surface area contributed by atoms with Gasteiger partial charge in [-0.3, -0.25) is 5.10 Å². The molecule has 1 aliphatic heterocycles. The lowest BCUT2D eigenvalue weighted by Gasteiger charge is -2.28. The molecule has 6 nitrogen and oxygen atoms in total. The maximum absolute atomic E-state index is 9.73. The van der Waals surface area contributed by atoms with Crippen molar-refractivity contribution in [3.8, 4) is 12.1 Å². The summed E-state index contributed by atoms with van der Waals surface area (Å²) in [7, 11) is 1.82. The number of aromatic amines is 1. The monoisotopic (exact) mass is 368 g/mol. The SMILES string of the molecule is CNCC1=Nc2[nH]ncc2C(c2cccc(C#N)c2Br)C1C#N. The van der Waals surface area contributed by atoms with Crippen molar-refractivity contribution in [3.63, 3.8) is 0 Å². The van der Waals surface area contributed by atoms with Crippen LogP contribution in [0.1, 0.15) is 22.6 Å². The highest BCUT2D eigenvalue weighted by Gasteiger charge is 2.36. The van der Waals surface area contributed by atoms with E-state index in [9.17, 15) is 10.5 Å². The van der Waals surface area contributed by atoms with E-state index in [0.29, 0.717) is 22.4 Å². The zero-order chi connectivity index (χ0) is 16.4. The van der Waals surface area contributed by atoms with Gasteiger partial charge < -0.3 is 5.32 Å². The first-order chi connectivity index (χ1) is 11.2. The average molecular weight is 369 g/mol. The quantitative estimate of drug-likeness (QED) is 0.869. The standard InChI is InChI=1S/C16H13BrN6/c1-20-8-13-11(6-19)14(12-7-21-23-16(12)22-13)10-4-2-3-9(5-18)15(10)17/h2-4,7,11,14,20H,8H2,1H3,(H,21,23). The van der Waals surface area contributed by atoms with E-state index in [1.54, 1.807) is 12.3 Å². The van der Waals surface area contributed by atoms with Gasteiger partial charge in [-0.25, -0.2) is 4.99 Å². The highest BCUT2D eigenvalue weighted by molar-refractivity contribution is 9.10. The van der Waals surface area contributed by atoms with E-state index in [4.69, 9.17) is 0 Å². The van der Waals surface area contributed by atoms with Crippen molar-refractivity contribution in [2.45, 2.75) is 5.92 Å². The Hall–Kier alpha value is -2.48. The van der Waals surface area contributed by atoms with Crippen LogP contribution in [0.25, 0.3) is 0 Å². The molecule has 0 bridgehead atoms. The Morgan fingerprint density at radius 1 is 1.35 bits per heavy atom. The Morgan fingerprint density at radius 2 is 2.17 bits per heavy atom. The molecule has 0 aliphatic carbocycles. The molecule has 3 rings (SSSR count). The molecule has 114 valence electrons. The van der Waals surface area contributed by atoms with Crippen molar-refractivity contribution in [1.82, 2.24) is 15.5 Å². The molecule has 2 unspecified atom stereocenters. The maximum atomic E-state index is 9.73. The molecule has 0 amide bonds. The second kappa shape index (κ2) is 6.33. The molecule has 2 N–H and O–H groups in total. The third kappa shape index (κ3) is 2.55. The molecular weight excluding hydrogens is 356 g/mol. The van der Waals surface area contributed by atoms with E-state index in [2.05, 4.69) is 48.6 Å². The maximum Gasteiger partial charge on any atom is 0.151 e. The molecule has 7 heteroatoms. The van der Waals surface area contributed by atoms with Crippen LogP contribution in [0.2, 0.25) is 0 Å². The Morgan fingerprint density at radius 3 is 2.87 bits per heavy atom. The van der Waals surface area contributed by atoms with E-state index in [-0.39, 0.29) is 5.92 Å². The van der Waals surface area contributed by atoms with E-state index in [1.807, 2.05) is 19.2 Å². The molecule has 1 aliphatic rings. The number of halogens is 1. The molecular formula is C16H13BrN6. The lowest BCUT2D eigenvalue weighted by Crippen LogP contribution is -2.32. The Balaban J connectivity index is 2.20. The molecule has 2 aromatic rings. The smallest absolute Gasteiger partial charge is 0.151 e. The highest BCUT2D eigenvalue weighted by Crippen LogP contribution is 2.43. The van der Waals surface area contributed by atoms with Crippen LogP contribution < -0.4 is 5.32 Å². The van der Waals surface area contributed by atoms with E-state index in [1.165, 1.54) is 0 Å². The van der Waals surface area contributed by atoms with Crippen LogP contribution >= 0.6 is 15.9 Å². The summed E-state index contributed by atoms with van der Waals surface area (Å²) < 4.78 is 0.714. The van der Waals surface area contributed by atoms with Crippen molar-refractivity contribution >= 4 is 27.5 Å². The number of hydrogen-bond donors (Lipinski definition) is 2. The largest absolute Gasteiger partial charge is 0.314 e. The fourth-order valence-corrected chi connectivity index (χ4v) is 3.49. The minimum atomic E-state index is -0.419. The van der Waals surface area contributed by atoms with Crippen LogP contribution in [-0.2, 0) is 0 Å². The normalized spacial score (nSPS) is 19.4. The van der Waals surface area contributed by atoms with Gasteiger partial charge in [0, 0.05) is 22.5 Å². The molecule has 0 radical (unpaired) electrons. The first-order valence-corrected chi connectivity index (χ1v) is 7.84. The summed E-state index contributed by atoms with van der Waals surface area (Å²) in [4.78, 5) is 4.53. The molecule has 23 heavy (non-hydrogen) atoms. The summed E-state index contributed by atoms with van der Waals surface area (Å²) >= 11 is 3.51. The van der Waals surface area contributed by atoms with E-state index in [0.717, 1.165) is 16.8 Å². The van der Waals surface area contributed by atoms with Gasteiger partial charge in [-0.2, -0.15) is 15.6 Å². The predicted molar refractivity (Wildman–Crippen MR) is 89.4 cm³/mol. The van der Waals surface area contributed by atoms with Gasteiger partial charge in [-0.05, 0) is 34.6 Å². The second-order valence-electron chi connectivity index (χ2n) is 5.21. The fourth-order valence-electron chi connectivity index (χ4n) is 2.89. The van der Waals surface area contributed by atoms with Gasteiger partial charge in [0.05, 0.1) is 29.5 Å². The molecule has 0 spiro atoms. The third-order valence-electron chi connectivity index (χ3n) is 3.91. The minimum absolute atomic E-state index is 0.225. The van der Waals surface area contributed by atoms with E-state index >= 15 is 0 Å². The van der Waals surface area contributed by atoms with Crippen molar-refractivity contribution in [3.05, 3.63) is 45.6 Å². The Kier molecular flexibility index (Phi) is 4.24. The van der Waals surface area contributed by atoms with Crippen LogP contribution in [0, 0.1) is 28.6 Å². The van der Waals surface area contributed by atoms with Crippen molar-refractivity contribution in [1.29, 1.82) is 10.5 Å². The van der Waals surface area contributed by atoms with E-state index < -0.39 is 5.92 Å². The average Bonchev–Trinajstić information content (AvgIpc) is 3.02. The molecule has 0 saturated heterocycles. The number of H-pyrrole nitrogens is 1. The number of fused-ring (bicyclic) bond motifs is 1. The Bertz CT molecular complexity index is 854. The lowest BCUT2D eigenvalue weighted by atomic mass is 9.77. The van der Waals surface area contributed by atoms with Gasteiger partial charge in [-0.1, -0.05) is 12.1 Å². The summed E-state index contributed by atoms with van der Waals surface area (Å²) in [5.74, 6) is 0.0241. The van der Waals surface area contributed by atoms with Gasteiger partial charge in [-0.15, -0.1) is 0 Å². The molecule has 1 aromatic heterocycles. The van der Waals surface area contributed by atoms with Gasteiger partial charge >= 0.3 is 0 Å². The lowest BCUT2D eigenvalue weighted by molar-refractivity contribution is 0.698. The number of nitriles is 2. The number of aromatic nitrogens is 2. The zero-order valence-corrected chi connectivity index (χ0v) is 13.9. The summed E-state index contributed by atoms with van der Waals surface area (Å²) in [5.41, 5.74) is 3.06. The second-order valence-corrected chi connectivity index (χ2v) is 6.01. The van der Waals surface area contributed by atoms with Crippen LogP contribution in [0.4, 0.5) is 5.82 Å². The summed E-state index contributed by atoms with van der Waals surface area (Å²) in [6.07, 6.45) is 1.70. The molecule has 1 aromatic carbocycles. The summed E-state index contributed by atoms with van der Waals surface area (Å²) in [5, 5.41) is 29.0. The number of nitrogens with zero attached hydrogens (tertiary/aromatic N) is 4. The van der Waals surface area contributed by atoms with Gasteiger partial charge in [0.15, 0.2) is 5.82 Å². The first-order valence-electron chi connectivity index (χ1n) is 7.04.